The summed E-state index contributed by atoms with van der Waals surface area (Å²) in [6, 6.07) is 3.05. The molecule has 4 rings (SSSR count). The Kier molecular flexibility index (Phi) is 5.57. The van der Waals surface area contributed by atoms with Crippen LogP contribution in [-0.2, 0) is 13.0 Å². The van der Waals surface area contributed by atoms with Crippen molar-refractivity contribution in [3.63, 3.8) is 0 Å². The molecule has 27 heavy (non-hydrogen) atoms. The molecule has 0 spiro atoms. The number of nitrogens with one attached hydrogen (secondary N) is 3. The number of anilines is 1. The van der Waals surface area contributed by atoms with Crippen molar-refractivity contribution in [2.75, 3.05) is 25.0 Å². The maximum absolute atomic E-state index is 12.8. The Morgan fingerprint density at radius 1 is 1.41 bits per heavy atom. The third-order valence-corrected chi connectivity index (χ3v) is 4.80. The molecule has 1 unspecified atom stereocenters. The first kappa shape index (κ1) is 19.1. The van der Waals surface area contributed by atoms with E-state index in [0.29, 0.717) is 31.1 Å². The maximum Gasteiger partial charge on any atom is 0.287 e. The fourth-order valence-electron chi connectivity index (χ4n) is 3.40. The Morgan fingerprint density at radius 2 is 2.26 bits per heavy atom. The number of carbonyl (C=O) groups excluding carboxylic acids is 1. The van der Waals surface area contributed by atoms with Crippen molar-refractivity contribution < 1.29 is 9.72 Å². The van der Waals surface area contributed by atoms with Gasteiger partial charge in [0.05, 0.1) is 4.92 Å². The fraction of sp³-hybridized carbons (Fsp3) is 0.438. The quantitative estimate of drug-likeness (QED) is 0.524. The second-order valence-electron chi connectivity index (χ2n) is 6.50. The van der Waals surface area contributed by atoms with E-state index < -0.39 is 4.92 Å². The second-order valence-corrected chi connectivity index (χ2v) is 6.50. The number of pyridine rings is 1. The van der Waals surface area contributed by atoms with Gasteiger partial charge in [-0.3, -0.25) is 20.0 Å². The first-order valence-corrected chi connectivity index (χ1v) is 8.55. The van der Waals surface area contributed by atoms with Gasteiger partial charge in [-0.25, -0.2) is 4.98 Å². The van der Waals surface area contributed by atoms with Gasteiger partial charge in [-0.15, -0.1) is 12.4 Å². The van der Waals surface area contributed by atoms with E-state index in [1.54, 1.807) is 11.0 Å². The number of aromatic nitrogens is 3. The Hall–Kier alpha value is -2.72. The molecule has 2 aliphatic heterocycles. The van der Waals surface area contributed by atoms with Gasteiger partial charge in [0.25, 0.3) is 11.6 Å². The highest BCUT2D eigenvalue weighted by Gasteiger charge is 2.31. The van der Waals surface area contributed by atoms with Crippen molar-refractivity contribution in [3.8, 4) is 0 Å². The number of aromatic amines is 1. The number of hydrogen-bond donors (Lipinski definition) is 3. The lowest BCUT2D eigenvalue weighted by Crippen LogP contribution is -2.33. The zero-order valence-electron chi connectivity index (χ0n) is 14.5. The van der Waals surface area contributed by atoms with Crippen molar-refractivity contribution in [3.05, 3.63) is 45.4 Å². The summed E-state index contributed by atoms with van der Waals surface area (Å²) in [6.07, 6.45) is 2.87. The smallest absolute Gasteiger partial charge is 0.287 e. The topological polar surface area (TPSA) is 129 Å². The number of amides is 1. The SMILES string of the molecule is Cl.O=C(c1n[nH]c2c1CNCC2)N1CCC(Nc2ccc([N+](=O)[O-])cn2)C1. The molecular weight excluding hydrogens is 374 g/mol. The number of nitrogens with zero attached hydrogens (tertiary/aromatic N) is 4. The minimum atomic E-state index is -0.480. The maximum atomic E-state index is 12.8. The van der Waals surface area contributed by atoms with Crippen LogP contribution in [-0.4, -0.2) is 56.6 Å². The van der Waals surface area contributed by atoms with Crippen LogP contribution in [0.4, 0.5) is 11.5 Å². The van der Waals surface area contributed by atoms with Crippen molar-refractivity contribution in [1.29, 1.82) is 0 Å². The lowest BCUT2D eigenvalue weighted by Gasteiger charge is -2.18. The summed E-state index contributed by atoms with van der Waals surface area (Å²) in [4.78, 5) is 28.8. The summed E-state index contributed by atoms with van der Waals surface area (Å²) >= 11 is 0. The molecule has 4 heterocycles. The molecule has 3 N–H and O–H groups in total. The highest BCUT2D eigenvalue weighted by Crippen LogP contribution is 2.21. The summed E-state index contributed by atoms with van der Waals surface area (Å²) in [7, 11) is 0. The van der Waals surface area contributed by atoms with Crippen molar-refractivity contribution in [2.24, 2.45) is 0 Å². The van der Waals surface area contributed by atoms with Crippen LogP contribution < -0.4 is 10.6 Å². The summed E-state index contributed by atoms with van der Waals surface area (Å²) < 4.78 is 0. The molecule has 10 nitrogen and oxygen atoms in total. The highest BCUT2D eigenvalue weighted by atomic mass is 35.5. The zero-order valence-corrected chi connectivity index (χ0v) is 15.3. The van der Waals surface area contributed by atoms with E-state index >= 15 is 0 Å². The molecular formula is C16H20ClN7O3. The molecule has 1 atom stereocenters. The van der Waals surface area contributed by atoms with Gasteiger partial charge < -0.3 is 15.5 Å². The van der Waals surface area contributed by atoms with Crippen LogP contribution >= 0.6 is 12.4 Å². The number of nitro groups is 1. The van der Waals surface area contributed by atoms with Crippen LogP contribution in [0.1, 0.15) is 28.2 Å². The van der Waals surface area contributed by atoms with Gasteiger partial charge in [0, 0.05) is 56.0 Å². The van der Waals surface area contributed by atoms with E-state index in [9.17, 15) is 14.9 Å². The Balaban J connectivity index is 0.00000210. The summed E-state index contributed by atoms with van der Waals surface area (Å²) in [5.74, 6) is 0.503. The van der Waals surface area contributed by atoms with Crippen molar-refractivity contribution >= 4 is 29.8 Å². The second kappa shape index (κ2) is 7.89. The molecule has 144 valence electrons. The van der Waals surface area contributed by atoms with Gasteiger partial charge in [0.1, 0.15) is 12.0 Å². The molecule has 0 saturated carbocycles. The molecule has 0 bridgehead atoms. The summed E-state index contributed by atoms with van der Waals surface area (Å²) in [6.45, 7) is 2.74. The Bertz CT molecular complexity index is 839. The van der Waals surface area contributed by atoms with Crippen LogP contribution in [0, 0.1) is 10.1 Å². The molecule has 1 amide bonds. The predicted molar refractivity (Wildman–Crippen MR) is 100 cm³/mol. The third kappa shape index (κ3) is 3.86. The highest BCUT2D eigenvalue weighted by molar-refractivity contribution is 5.94. The lowest BCUT2D eigenvalue weighted by atomic mass is 10.1. The van der Waals surface area contributed by atoms with Crippen molar-refractivity contribution in [1.82, 2.24) is 25.4 Å². The summed E-state index contributed by atoms with van der Waals surface area (Å²) in [5.41, 5.74) is 2.46. The number of rotatable bonds is 4. The van der Waals surface area contributed by atoms with Crippen LogP contribution in [0.2, 0.25) is 0 Å². The predicted octanol–water partition coefficient (Wildman–Crippen LogP) is 1.11. The lowest BCUT2D eigenvalue weighted by molar-refractivity contribution is -0.385. The number of likely N-dealkylation sites (tertiary alicyclic amines) is 1. The Morgan fingerprint density at radius 3 is 3.00 bits per heavy atom. The average Bonchev–Trinajstić information content (AvgIpc) is 3.28. The number of hydrogen-bond acceptors (Lipinski definition) is 7. The van der Waals surface area contributed by atoms with E-state index in [1.165, 1.54) is 12.3 Å². The third-order valence-electron chi connectivity index (χ3n) is 4.80. The fourth-order valence-corrected chi connectivity index (χ4v) is 3.40. The number of carbonyl (C=O) groups is 1. The number of H-pyrrole nitrogens is 1. The van der Waals surface area contributed by atoms with Gasteiger partial charge >= 0.3 is 0 Å². The van der Waals surface area contributed by atoms with Crippen LogP contribution in [0.5, 0.6) is 0 Å². The standard InChI is InChI=1S/C16H19N7O3.ClH/c24-16(15-12-8-17-5-3-13(12)20-21-15)22-6-4-10(9-22)19-14-2-1-11(7-18-14)23(25)26;/h1-2,7,10,17H,3-6,8-9H2,(H,18,19)(H,20,21);1H. The van der Waals surface area contributed by atoms with E-state index in [4.69, 9.17) is 0 Å². The number of halogens is 1. The molecule has 1 fully saturated rings. The first-order chi connectivity index (χ1) is 12.6. The van der Waals surface area contributed by atoms with Gasteiger partial charge in [0.2, 0.25) is 0 Å². The van der Waals surface area contributed by atoms with E-state index in [2.05, 4.69) is 25.8 Å². The van der Waals surface area contributed by atoms with Gasteiger partial charge in [-0.05, 0) is 12.5 Å². The molecule has 11 heteroatoms. The normalized spacial score (nSPS) is 18.5. The van der Waals surface area contributed by atoms with E-state index in [1.807, 2.05) is 0 Å². The molecule has 2 aromatic heterocycles. The zero-order chi connectivity index (χ0) is 18.1. The minimum Gasteiger partial charge on any atom is -0.365 e. The largest absolute Gasteiger partial charge is 0.365 e. The molecule has 0 aromatic carbocycles. The van der Waals surface area contributed by atoms with Crippen LogP contribution in [0.3, 0.4) is 0 Å². The van der Waals surface area contributed by atoms with Gasteiger partial charge in [0.15, 0.2) is 5.69 Å². The van der Waals surface area contributed by atoms with E-state index in [-0.39, 0.29) is 30.0 Å². The van der Waals surface area contributed by atoms with Gasteiger partial charge in [-0.2, -0.15) is 5.10 Å². The first-order valence-electron chi connectivity index (χ1n) is 8.55. The minimum absolute atomic E-state index is 0. The van der Waals surface area contributed by atoms with E-state index in [0.717, 1.165) is 30.6 Å². The number of fused-ring (bicyclic) bond motifs is 1. The van der Waals surface area contributed by atoms with Gasteiger partial charge in [-0.1, -0.05) is 0 Å². The molecule has 1 saturated heterocycles. The summed E-state index contributed by atoms with van der Waals surface area (Å²) in [5, 5.41) is 24.4. The molecule has 0 aliphatic carbocycles. The monoisotopic (exact) mass is 393 g/mol. The molecule has 0 radical (unpaired) electrons. The Labute approximate surface area is 161 Å². The molecule has 2 aliphatic rings. The molecule has 2 aromatic rings. The van der Waals surface area contributed by atoms with Crippen LogP contribution in [0.25, 0.3) is 0 Å². The average molecular weight is 394 g/mol. The van der Waals surface area contributed by atoms with Crippen LogP contribution in [0.15, 0.2) is 18.3 Å². The van der Waals surface area contributed by atoms with Crippen molar-refractivity contribution in [2.45, 2.75) is 25.4 Å².